The van der Waals surface area contributed by atoms with E-state index in [9.17, 15) is 5.11 Å². The van der Waals surface area contributed by atoms with Crippen LogP contribution in [-0.4, -0.2) is 20.9 Å². The number of rotatable bonds is 9. The molecule has 26 heavy (non-hydrogen) atoms. The molecule has 3 nitrogen and oxygen atoms in total. The average Bonchev–Trinajstić information content (AvgIpc) is 2.59. The van der Waals surface area contributed by atoms with Crippen LogP contribution in [0.2, 0.25) is 0 Å². The Morgan fingerprint density at radius 1 is 0.885 bits per heavy atom. The van der Waals surface area contributed by atoms with Crippen molar-refractivity contribution < 1.29 is 15.3 Å². The molecule has 0 radical (unpaired) electrons. The van der Waals surface area contributed by atoms with Crippen LogP contribution in [-0.2, 0) is 6.42 Å². The highest BCUT2D eigenvalue weighted by molar-refractivity contribution is 5.69. The van der Waals surface area contributed by atoms with Crippen molar-refractivity contribution in [3.8, 4) is 0 Å². The van der Waals surface area contributed by atoms with Gasteiger partial charge in [-0.05, 0) is 49.8 Å². The number of benzene rings is 2. The lowest BCUT2D eigenvalue weighted by molar-refractivity contribution is -0.0424. The lowest BCUT2D eigenvalue weighted by Crippen LogP contribution is -2.17. The van der Waals surface area contributed by atoms with Crippen LogP contribution >= 0.6 is 0 Å². The summed E-state index contributed by atoms with van der Waals surface area (Å²) in [6, 6.07) is 15.7. The molecule has 0 aliphatic rings. The van der Waals surface area contributed by atoms with E-state index in [1.165, 1.54) is 5.56 Å². The molecule has 0 atom stereocenters. The molecule has 0 aromatic heterocycles. The Balaban J connectivity index is 1.86. The molecule has 0 amide bonds. The van der Waals surface area contributed by atoms with Crippen LogP contribution in [0.5, 0.6) is 0 Å². The van der Waals surface area contributed by atoms with Crippen LogP contribution in [0.4, 0.5) is 0 Å². The minimum absolute atomic E-state index is 0.494. The van der Waals surface area contributed by atoms with E-state index < -0.39 is 11.9 Å². The summed E-state index contributed by atoms with van der Waals surface area (Å²) in [7, 11) is 0. The van der Waals surface area contributed by atoms with Gasteiger partial charge in [0.05, 0.1) is 5.60 Å². The van der Waals surface area contributed by atoms with Crippen LogP contribution in [0.25, 0.3) is 12.2 Å². The highest BCUT2D eigenvalue weighted by Gasteiger charge is 2.10. The standard InChI is InChI=1S/C23H30O3/c1-23(2,26)16-5-3-4-7-19-8-6-9-20(17-19)11-10-18-12-14-21(15-13-18)22(24)25/h6,8-15,17,22,24-26H,3-5,7,16H2,1-2H3. The van der Waals surface area contributed by atoms with E-state index in [1.54, 1.807) is 12.1 Å². The predicted octanol–water partition coefficient (Wildman–Crippen LogP) is 4.71. The van der Waals surface area contributed by atoms with Gasteiger partial charge in [-0.2, -0.15) is 0 Å². The summed E-state index contributed by atoms with van der Waals surface area (Å²) in [4.78, 5) is 0. The smallest absolute Gasteiger partial charge is 0.178 e. The second-order valence-corrected chi connectivity index (χ2v) is 7.49. The third-order valence-electron chi connectivity index (χ3n) is 4.41. The van der Waals surface area contributed by atoms with Crippen molar-refractivity contribution in [2.45, 2.75) is 57.8 Å². The SMILES string of the molecule is CC(C)(O)CCCCCc1cccc(C=Cc2ccc(C(O)O)cc2)c1. The van der Waals surface area contributed by atoms with Crippen molar-refractivity contribution >= 4 is 12.2 Å². The van der Waals surface area contributed by atoms with E-state index in [2.05, 4.69) is 30.3 Å². The van der Waals surface area contributed by atoms with Gasteiger partial charge in [-0.1, -0.05) is 73.5 Å². The molecule has 0 unspecified atom stereocenters. The number of aryl methyl sites for hydroxylation is 1. The summed E-state index contributed by atoms with van der Waals surface area (Å²) in [5.41, 5.74) is 3.44. The molecule has 3 heteroatoms. The maximum atomic E-state index is 9.73. The number of aliphatic hydroxyl groups is 3. The third kappa shape index (κ3) is 7.52. The minimum atomic E-state index is -1.42. The van der Waals surface area contributed by atoms with Crippen molar-refractivity contribution in [1.29, 1.82) is 0 Å². The molecule has 0 heterocycles. The zero-order chi connectivity index (χ0) is 19.0. The van der Waals surface area contributed by atoms with Crippen molar-refractivity contribution in [2.75, 3.05) is 0 Å². The summed E-state index contributed by atoms with van der Waals surface area (Å²) in [5.74, 6) is 0. The number of unbranched alkanes of at least 4 members (excludes halogenated alkanes) is 2. The molecule has 0 fully saturated rings. The van der Waals surface area contributed by atoms with Crippen LogP contribution in [0.3, 0.4) is 0 Å². The second-order valence-electron chi connectivity index (χ2n) is 7.49. The molecule has 0 saturated carbocycles. The molecular formula is C23H30O3. The molecule has 2 aromatic rings. The summed E-state index contributed by atoms with van der Waals surface area (Å²) in [5, 5.41) is 28.0. The van der Waals surface area contributed by atoms with Crippen molar-refractivity contribution in [2.24, 2.45) is 0 Å². The Kier molecular flexibility index (Phi) is 7.58. The molecule has 0 spiro atoms. The van der Waals surface area contributed by atoms with Gasteiger partial charge in [-0.25, -0.2) is 0 Å². The summed E-state index contributed by atoms with van der Waals surface area (Å²) in [6.45, 7) is 3.73. The van der Waals surface area contributed by atoms with Gasteiger partial charge < -0.3 is 15.3 Å². The summed E-state index contributed by atoms with van der Waals surface area (Å²) >= 11 is 0. The minimum Gasteiger partial charge on any atom is -0.390 e. The van der Waals surface area contributed by atoms with Gasteiger partial charge in [-0.3, -0.25) is 0 Å². The van der Waals surface area contributed by atoms with E-state index >= 15 is 0 Å². The molecule has 3 N–H and O–H groups in total. The molecule has 140 valence electrons. The first-order chi connectivity index (χ1) is 12.3. The van der Waals surface area contributed by atoms with Crippen LogP contribution in [0.1, 0.15) is 68.1 Å². The zero-order valence-corrected chi connectivity index (χ0v) is 15.7. The first kappa shape index (κ1) is 20.4. The quantitative estimate of drug-likeness (QED) is 0.347. The highest BCUT2D eigenvalue weighted by atomic mass is 16.5. The molecule has 0 aliphatic heterocycles. The summed E-state index contributed by atoms with van der Waals surface area (Å²) in [6.07, 6.45) is 7.90. The fourth-order valence-corrected chi connectivity index (χ4v) is 2.89. The lowest BCUT2D eigenvalue weighted by atomic mass is 9.98. The first-order valence-corrected chi connectivity index (χ1v) is 9.29. The van der Waals surface area contributed by atoms with Gasteiger partial charge in [0, 0.05) is 5.56 Å². The Bertz CT molecular complexity index is 694. The Morgan fingerprint density at radius 3 is 2.23 bits per heavy atom. The van der Waals surface area contributed by atoms with Gasteiger partial charge in [0.25, 0.3) is 0 Å². The van der Waals surface area contributed by atoms with Gasteiger partial charge >= 0.3 is 0 Å². The number of hydrogen-bond donors (Lipinski definition) is 3. The van der Waals surface area contributed by atoms with Crippen molar-refractivity contribution in [3.63, 3.8) is 0 Å². The normalized spacial score (nSPS) is 12.2. The fourth-order valence-electron chi connectivity index (χ4n) is 2.89. The Labute approximate surface area is 156 Å². The number of aliphatic hydroxyl groups excluding tert-OH is 1. The Morgan fingerprint density at radius 2 is 1.58 bits per heavy atom. The van der Waals surface area contributed by atoms with Crippen molar-refractivity contribution in [3.05, 3.63) is 70.8 Å². The van der Waals surface area contributed by atoms with Crippen LogP contribution in [0, 0.1) is 0 Å². The maximum Gasteiger partial charge on any atom is 0.178 e. The second kappa shape index (κ2) is 9.67. The predicted molar refractivity (Wildman–Crippen MR) is 107 cm³/mol. The fraction of sp³-hybridized carbons (Fsp3) is 0.391. The van der Waals surface area contributed by atoms with Gasteiger partial charge in [0.1, 0.15) is 0 Å². The monoisotopic (exact) mass is 354 g/mol. The maximum absolute atomic E-state index is 9.73. The molecular weight excluding hydrogens is 324 g/mol. The largest absolute Gasteiger partial charge is 0.390 e. The van der Waals surface area contributed by atoms with E-state index in [0.717, 1.165) is 43.2 Å². The molecule has 2 aromatic carbocycles. The van der Waals surface area contributed by atoms with Gasteiger partial charge in [-0.15, -0.1) is 0 Å². The summed E-state index contributed by atoms with van der Waals surface area (Å²) < 4.78 is 0. The molecule has 0 saturated heterocycles. The third-order valence-corrected chi connectivity index (χ3v) is 4.41. The average molecular weight is 354 g/mol. The van der Waals surface area contributed by atoms with Gasteiger partial charge in [0.15, 0.2) is 6.29 Å². The Hall–Kier alpha value is -1.94. The molecule has 0 aliphatic carbocycles. The van der Waals surface area contributed by atoms with E-state index in [1.807, 2.05) is 32.1 Å². The molecule has 0 bridgehead atoms. The van der Waals surface area contributed by atoms with Gasteiger partial charge in [0.2, 0.25) is 0 Å². The van der Waals surface area contributed by atoms with E-state index in [4.69, 9.17) is 10.2 Å². The lowest BCUT2D eigenvalue weighted by Gasteiger charge is -2.16. The van der Waals surface area contributed by atoms with Crippen LogP contribution in [0.15, 0.2) is 48.5 Å². The number of hydrogen-bond acceptors (Lipinski definition) is 3. The first-order valence-electron chi connectivity index (χ1n) is 9.29. The van der Waals surface area contributed by atoms with E-state index in [0.29, 0.717) is 5.56 Å². The topological polar surface area (TPSA) is 60.7 Å². The molecule has 2 rings (SSSR count). The van der Waals surface area contributed by atoms with E-state index in [-0.39, 0.29) is 0 Å². The van der Waals surface area contributed by atoms with Crippen LogP contribution < -0.4 is 0 Å². The zero-order valence-electron chi connectivity index (χ0n) is 15.7. The highest BCUT2D eigenvalue weighted by Crippen LogP contribution is 2.17. The van der Waals surface area contributed by atoms with Crippen molar-refractivity contribution in [1.82, 2.24) is 0 Å².